The van der Waals surface area contributed by atoms with Crippen molar-refractivity contribution < 1.29 is 60.9 Å². The van der Waals surface area contributed by atoms with Gasteiger partial charge >= 0.3 is 5.97 Å². The second-order valence-corrected chi connectivity index (χ2v) is 7.36. The molecule has 0 radical (unpaired) electrons. The Morgan fingerprint density at radius 1 is 1.16 bits per heavy atom. The Morgan fingerprint density at radius 2 is 1.95 bits per heavy atom. The number of cyclic esters (lactones) is 1. The number of aromatic nitrogens is 5. The second-order valence-electron chi connectivity index (χ2n) is 7.36. The van der Waals surface area contributed by atoms with Gasteiger partial charge in [-0.2, -0.15) is 4.98 Å². The summed E-state index contributed by atoms with van der Waals surface area (Å²) in [6.07, 6.45) is -42.7. The molecule has 1 saturated heterocycles. The number of hydrogen-bond donors (Lipinski definition) is 0. The van der Waals surface area contributed by atoms with Crippen LogP contribution in [0, 0.1) is 25.5 Å². The molecular formula is C29H37N5O3. The highest BCUT2D eigenvalue weighted by Gasteiger charge is 2.51. The van der Waals surface area contributed by atoms with Crippen LogP contribution in [0.3, 0.4) is 0 Å². The van der Waals surface area contributed by atoms with E-state index in [1.165, 1.54) is 0 Å². The van der Waals surface area contributed by atoms with Gasteiger partial charge in [0.25, 0.3) is 5.78 Å². The molecule has 0 bridgehead atoms. The first-order valence-electron chi connectivity index (χ1n) is 27.1. The number of aryl methyl sites for hydroxylation is 4. The molecule has 196 valence electrons. The Labute approximate surface area is 266 Å². The molecule has 1 aliphatic carbocycles. The van der Waals surface area contributed by atoms with Crippen molar-refractivity contribution in [3.63, 3.8) is 0 Å². The van der Waals surface area contributed by atoms with Crippen LogP contribution in [0.1, 0.15) is 133 Å². The number of carbonyl (C=O) groups excluding carboxylic acids is 2. The summed E-state index contributed by atoms with van der Waals surface area (Å²) in [7, 11) is 0. The van der Waals surface area contributed by atoms with Crippen LogP contribution in [0.2, 0.25) is 0 Å². The summed E-state index contributed by atoms with van der Waals surface area (Å²) >= 11 is 0. The molecule has 0 N–H and O–H groups in total. The molecule has 0 aromatic carbocycles. The number of nitrogens with zero attached hydrogens (tertiary/aromatic N) is 5. The molecule has 3 aromatic heterocycles. The maximum atomic E-state index is 14.7. The van der Waals surface area contributed by atoms with Crippen LogP contribution >= 0.6 is 0 Å². The van der Waals surface area contributed by atoms with Gasteiger partial charge in [0, 0.05) is 78.1 Å². The first-order chi connectivity index (χ1) is 31.0. The zero-order valence-electron chi connectivity index (χ0n) is 52.2. The Kier molecular flexibility index (Phi) is 1.97. The lowest BCUT2D eigenvalue weighted by molar-refractivity contribution is -0.185. The van der Waals surface area contributed by atoms with Crippen LogP contribution in [0.15, 0.2) is 18.1 Å². The molecule has 0 amide bonds. The van der Waals surface area contributed by atoms with Gasteiger partial charge in [-0.25, -0.2) is 9.50 Å². The number of hydrogen-bond acceptors (Lipinski definition) is 7. The number of ether oxygens (including phenoxy) is 1. The molecule has 2 fully saturated rings. The number of esters is 1. The maximum absolute atomic E-state index is 14.7. The third kappa shape index (κ3) is 5.15. The van der Waals surface area contributed by atoms with Crippen LogP contribution in [-0.4, -0.2) is 41.9 Å². The average molecular weight is 538 g/mol. The molecule has 37 heavy (non-hydrogen) atoms. The Balaban J connectivity index is 1.92. The number of pyridine rings is 1. The van der Waals surface area contributed by atoms with Gasteiger partial charge in [0.2, 0.25) is 0 Å². The predicted octanol–water partition coefficient (Wildman–Crippen LogP) is 4.50. The minimum absolute atomic E-state index is 0.135. The minimum Gasteiger partial charge on any atom is -0.458 e. The van der Waals surface area contributed by atoms with Crippen molar-refractivity contribution in [2.45, 2.75) is 96.8 Å². The highest BCUT2D eigenvalue weighted by Crippen LogP contribution is 2.45. The van der Waals surface area contributed by atoms with E-state index in [2.05, 4.69) is 20.1 Å². The van der Waals surface area contributed by atoms with Crippen molar-refractivity contribution in [2.75, 3.05) is 0 Å². The number of ketones is 1. The minimum atomic E-state index is -5.07. The van der Waals surface area contributed by atoms with E-state index in [0.29, 0.717) is 0 Å². The molecule has 8 heteroatoms. The maximum Gasteiger partial charge on any atom is 0.317 e. The summed E-state index contributed by atoms with van der Waals surface area (Å²) in [4.78, 5) is 39.7. The van der Waals surface area contributed by atoms with Crippen LogP contribution in [0.4, 0.5) is 0 Å². The normalized spacial score (nSPS) is 45.8. The summed E-state index contributed by atoms with van der Waals surface area (Å²) in [5.41, 5.74) is -13.3. The van der Waals surface area contributed by atoms with Gasteiger partial charge in [0.1, 0.15) is 11.5 Å². The Hall–Kier alpha value is -3.16. The van der Waals surface area contributed by atoms with Crippen molar-refractivity contribution in [2.24, 2.45) is 11.8 Å². The molecule has 0 spiro atoms. The van der Waals surface area contributed by atoms with E-state index in [1.54, 1.807) is 0 Å². The molecule has 2 aliphatic rings. The van der Waals surface area contributed by atoms with E-state index < -0.39 is 178 Å². The molecule has 4 heterocycles. The lowest BCUT2D eigenvalue weighted by Gasteiger charge is -2.43. The highest BCUT2D eigenvalue weighted by atomic mass is 16.6. The summed E-state index contributed by atoms with van der Waals surface area (Å²) in [5, 5.41) is 3.59. The molecule has 1 unspecified atom stereocenters. The van der Waals surface area contributed by atoms with Crippen LogP contribution < -0.4 is 0 Å². The van der Waals surface area contributed by atoms with E-state index in [4.69, 9.17) is 44.5 Å². The zero-order valence-corrected chi connectivity index (χ0v) is 18.2. The highest BCUT2D eigenvalue weighted by molar-refractivity contribution is 6.01. The smallest absolute Gasteiger partial charge is 0.317 e. The topological polar surface area (TPSA) is 99.3 Å². The van der Waals surface area contributed by atoms with E-state index in [0.717, 1.165) is 0 Å². The SMILES string of the molecule is [2H]c1c(C([2H])([2H])C([2H])([2H])[2H])nc(C([2H])([2H])C([2H])([2H])[2H])c([2H])c1C([2H])([2H])C([2H])([2H])[C@]1(C2([2H])C([2H])([2H])C([2H])([2H])C([2H])([2H])C2([2H])[2H])CC(=O)C(C([2H])([2H])c2nc3nc(C([2H])([2H])[2H])c([2H])c(C([2H])([2H])[2H])n3n2)C(=O)O1. The lowest BCUT2D eigenvalue weighted by atomic mass is 9.73. The molecule has 1 aliphatic heterocycles. The van der Waals surface area contributed by atoms with Crippen molar-refractivity contribution in [1.82, 2.24) is 24.6 Å². The molecule has 1 saturated carbocycles. The van der Waals surface area contributed by atoms with Crippen molar-refractivity contribution in [3.8, 4) is 0 Å². The average Bonchev–Trinajstić information content (AvgIpc) is 3.60. The number of fused-ring (bicyclic) bond motifs is 1. The number of carbonyl (C=O) groups is 2. The second kappa shape index (κ2) is 10.3. The summed E-state index contributed by atoms with van der Waals surface area (Å²) in [5.74, 6) is -15.5. The first kappa shape index (κ1) is 7.07. The van der Waals surface area contributed by atoms with Crippen molar-refractivity contribution >= 4 is 17.5 Å². The fraction of sp³-hybridized carbons (Fsp3) is 0.586. The fourth-order valence-corrected chi connectivity index (χ4v) is 3.37. The third-order valence-corrected chi connectivity index (χ3v) is 4.96. The molecule has 8 nitrogen and oxygen atoms in total. The number of Topliss-reactive ketones (excluding diaryl/α,β-unsaturated/α-hetero) is 1. The van der Waals surface area contributed by atoms with Crippen molar-refractivity contribution in [3.05, 3.63) is 52.3 Å². The molecule has 2 atom stereocenters. The van der Waals surface area contributed by atoms with E-state index in [1.807, 2.05) is 0 Å². The van der Waals surface area contributed by atoms with Gasteiger partial charge < -0.3 is 4.74 Å². The van der Waals surface area contributed by atoms with E-state index >= 15 is 0 Å². The molecule has 5 rings (SSSR count). The van der Waals surface area contributed by atoms with Gasteiger partial charge in [-0.05, 0) is 81.5 Å². The lowest BCUT2D eigenvalue weighted by Crippen LogP contribution is -2.52. The standard InChI is InChI=1S/C29H37N5O3/c1-5-22-14-20(15-23(6-2)31-22)11-12-29(21-9-7-8-10-21)17-25(35)24(27(36)37-29)16-26-32-28-30-18(3)13-19(4)34(28)33-26/h13-15,21,24H,5-12,16-17H2,1-4H3/t24?,29-/m1/s1/i1D3,2D3,3D3,4D3,5D2,6D2,7D2,8D2,9D2,10D2,11D2,12D2,13D,14D,15D,16D2,21D. The van der Waals surface area contributed by atoms with Gasteiger partial charge in [-0.15, -0.1) is 5.10 Å². The zero-order chi connectivity index (χ0) is 55.8. The van der Waals surface area contributed by atoms with E-state index in [-0.39, 0.29) is 4.52 Å². The predicted molar refractivity (Wildman–Crippen MR) is 139 cm³/mol. The molecular weight excluding hydrogens is 466 g/mol. The van der Waals surface area contributed by atoms with Gasteiger partial charge in [-0.3, -0.25) is 14.6 Å². The molecule has 3 aromatic rings. The van der Waals surface area contributed by atoms with Crippen LogP contribution in [0.5, 0.6) is 0 Å². The third-order valence-electron chi connectivity index (χ3n) is 4.96. The van der Waals surface area contributed by atoms with Crippen LogP contribution in [0.25, 0.3) is 5.78 Å². The van der Waals surface area contributed by atoms with Gasteiger partial charge in [0.05, 0.1) is 4.11 Å². The van der Waals surface area contributed by atoms with E-state index in [9.17, 15) is 16.4 Å². The van der Waals surface area contributed by atoms with Gasteiger partial charge in [-0.1, -0.05) is 26.4 Å². The Bertz CT molecular complexity index is 2620. The quantitative estimate of drug-likeness (QED) is 0.308. The van der Waals surface area contributed by atoms with Gasteiger partial charge in [0.15, 0.2) is 11.6 Å². The van der Waals surface area contributed by atoms with Crippen molar-refractivity contribution in [1.29, 1.82) is 0 Å². The van der Waals surface area contributed by atoms with Crippen LogP contribution in [-0.2, 0) is 39.8 Å². The number of rotatable bonds is 8. The largest absolute Gasteiger partial charge is 0.458 e. The summed E-state index contributed by atoms with van der Waals surface area (Å²) < 4.78 is 291. The Morgan fingerprint density at radius 3 is 2.62 bits per heavy atom. The monoisotopic (exact) mass is 538 g/mol. The summed E-state index contributed by atoms with van der Waals surface area (Å²) in [6.45, 7) is -14.8. The summed E-state index contributed by atoms with van der Waals surface area (Å²) in [6, 6.07) is -5.32. The first-order valence-corrected chi connectivity index (χ1v) is 10.1. The fourth-order valence-electron chi connectivity index (χ4n) is 3.37.